The molecule has 0 bridgehead atoms. The van der Waals surface area contributed by atoms with Crippen LogP contribution in [0, 0.1) is 6.92 Å². The molecule has 0 amide bonds. The second-order valence-corrected chi connectivity index (χ2v) is 6.10. The predicted octanol–water partition coefficient (Wildman–Crippen LogP) is 3.71. The van der Waals surface area contributed by atoms with Gasteiger partial charge in [-0.1, -0.05) is 31.2 Å². The number of hydrogen-bond acceptors (Lipinski definition) is 4. The summed E-state index contributed by atoms with van der Waals surface area (Å²) in [5.41, 5.74) is 5.59. The second kappa shape index (κ2) is 8.93. The average molecular weight is 304 g/mol. The van der Waals surface area contributed by atoms with Gasteiger partial charge in [-0.15, -0.1) is 11.3 Å². The summed E-state index contributed by atoms with van der Waals surface area (Å²) in [4.78, 5) is 5.58. The van der Waals surface area contributed by atoms with Gasteiger partial charge in [-0.05, 0) is 31.0 Å². The summed E-state index contributed by atoms with van der Waals surface area (Å²) in [5, 5.41) is 3.41. The lowest BCUT2D eigenvalue weighted by molar-refractivity contribution is 0.124. The molecule has 2 rings (SSSR count). The summed E-state index contributed by atoms with van der Waals surface area (Å²) >= 11 is 1.71. The maximum absolute atomic E-state index is 5.75. The third-order valence-electron chi connectivity index (χ3n) is 3.37. The van der Waals surface area contributed by atoms with Crippen LogP contribution in [-0.4, -0.2) is 18.1 Å². The van der Waals surface area contributed by atoms with E-state index in [0.29, 0.717) is 6.61 Å². The fourth-order valence-electron chi connectivity index (χ4n) is 2.08. The third kappa shape index (κ3) is 5.58. The van der Waals surface area contributed by atoms with Gasteiger partial charge in [0.05, 0.1) is 24.4 Å². The Morgan fingerprint density at radius 1 is 1.19 bits per heavy atom. The van der Waals surface area contributed by atoms with Gasteiger partial charge in [0, 0.05) is 17.8 Å². The molecule has 0 saturated carbocycles. The first-order valence-electron chi connectivity index (χ1n) is 7.55. The summed E-state index contributed by atoms with van der Waals surface area (Å²) in [7, 11) is 0. The van der Waals surface area contributed by atoms with Gasteiger partial charge >= 0.3 is 0 Å². The zero-order chi connectivity index (χ0) is 14.9. The average Bonchev–Trinajstić information content (AvgIpc) is 2.91. The molecule has 114 valence electrons. The molecule has 0 unspecified atom stereocenters. The van der Waals surface area contributed by atoms with E-state index in [1.807, 2.05) is 5.51 Å². The molecule has 1 aromatic carbocycles. The first-order valence-corrected chi connectivity index (χ1v) is 8.42. The summed E-state index contributed by atoms with van der Waals surface area (Å²) in [6.45, 7) is 7.68. The highest BCUT2D eigenvalue weighted by atomic mass is 32.1. The fourth-order valence-corrected chi connectivity index (χ4v) is 2.85. The zero-order valence-corrected chi connectivity index (χ0v) is 13.7. The Balaban J connectivity index is 1.67. The van der Waals surface area contributed by atoms with E-state index in [9.17, 15) is 0 Å². The molecule has 0 radical (unpaired) electrons. The molecule has 0 spiro atoms. The van der Waals surface area contributed by atoms with Crippen LogP contribution in [0.1, 0.15) is 35.0 Å². The van der Waals surface area contributed by atoms with E-state index in [1.165, 1.54) is 22.4 Å². The van der Waals surface area contributed by atoms with Gasteiger partial charge in [0.25, 0.3) is 0 Å². The number of hydrogen-bond donors (Lipinski definition) is 1. The van der Waals surface area contributed by atoms with Crippen LogP contribution in [0.15, 0.2) is 29.8 Å². The van der Waals surface area contributed by atoms with E-state index in [0.717, 1.165) is 31.8 Å². The van der Waals surface area contributed by atoms with Crippen LogP contribution < -0.4 is 5.32 Å². The number of nitrogens with one attached hydrogen (secondary N) is 1. The van der Waals surface area contributed by atoms with Crippen molar-refractivity contribution in [3.8, 4) is 0 Å². The molecule has 3 nitrogen and oxygen atoms in total. The second-order valence-electron chi connectivity index (χ2n) is 5.16. The van der Waals surface area contributed by atoms with Gasteiger partial charge < -0.3 is 10.1 Å². The van der Waals surface area contributed by atoms with Crippen molar-refractivity contribution in [2.75, 3.05) is 13.2 Å². The minimum Gasteiger partial charge on any atom is -0.376 e. The maximum atomic E-state index is 5.75. The fraction of sp³-hybridized carbons (Fsp3) is 0.471. The molecule has 0 saturated heterocycles. The molecule has 0 aliphatic rings. The van der Waals surface area contributed by atoms with Gasteiger partial charge in [0.2, 0.25) is 0 Å². The van der Waals surface area contributed by atoms with Gasteiger partial charge in [0.1, 0.15) is 0 Å². The number of aromatic nitrogens is 1. The van der Waals surface area contributed by atoms with E-state index in [2.05, 4.69) is 48.4 Å². The smallest absolute Gasteiger partial charge is 0.0797 e. The van der Waals surface area contributed by atoms with Crippen molar-refractivity contribution in [2.45, 2.75) is 39.8 Å². The van der Waals surface area contributed by atoms with Crippen molar-refractivity contribution in [3.63, 3.8) is 0 Å². The van der Waals surface area contributed by atoms with Crippen LogP contribution in [-0.2, 0) is 24.3 Å². The van der Waals surface area contributed by atoms with E-state index < -0.39 is 0 Å². The first kappa shape index (κ1) is 16.1. The lowest BCUT2D eigenvalue weighted by atomic mass is 10.1. The Bertz CT molecular complexity index is 522. The Morgan fingerprint density at radius 2 is 1.95 bits per heavy atom. The number of aryl methyl sites for hydroxylation is 1. The minimum absolute atomic E-state index is 0.681. The van der Waals surface area contributed by atoms with E-state index in [1.54, 1.807) is 11.3 Å². The number of nitrogens with zero attached hydrogens (tertiary/aromatic N) is 1. The Labute approximate surface area is 131 Å². The summed E-state index contributed by atoms with van der Waals surface area (Å²) in [6.07, 6.45) is 2.13. The molecule has 1 N–H and O–H groups in total. The van der Waals surface area contributed by atoms with Crippen LogP contribution in [0.25, 0.3) is 0 Å². The standard InChI is InChI=1S/C17H24N2OS/c1-3-9-18-11-15-4-6-16(7-5-15)12-20-10-8-17-14(2)19-13-21-17/h4-7,13,18H,3,8-12H2,1-2H3. The van der Waals surface area contributed by atoms with Gasteiger partial charge in [-0.2, -0.15) is 0 Å². The maximum Gasteiger partial charge on any atom is 0.0797 e. The van der Waals surface area contributed by atoms with Crippen molar-refractivity contribution in [2.24, 2.45) is 0 Å². The highest BCUT2D eigenvalue weighted by molar-refractivity contribution is 7.09. The first-order chi connectivity index (χ1) is 10.3. The van der Waals surface area contributed by atoms with Gasteiger partial charge in [0.15, 0.2) is 0 Å². The summed E-state index contributed by atoms with van der Waals surface area (Å²) in [5.74, 6) is 0. The molecule has 1 heterocycles. The molecular weight excluding hydrogens is 280 g/mol. The van der Waals surface area contributed by atoms with Crippen molar-refractivity contribution in [1.82, 2.24) is 10.3 Å². The number of rotatable bonds is 9. The summed E-state index contributed by atoms with van der Waals surface area (Å²) in [6, 6.07) is 8.66. The molecule has 0 aliphatic heterocycles. The quantitative estimate of drug-likeness (QED) is 0.717. The van der Waals surface area contributed by atoms with Crippen molar-refractivity contribution in [1.29, 1.82) is 0 Å². The van der Waals surface area contributed by atoms with Crippen LogP contribution in [0.2, 0.25) is 0 Å². The molecule has 4 heteroatoms. The van der Waals surface area contributed by atoms with Crippen molar-refractivity contribution in [3.05, 3.63) is 51.5 Å². The SMILES string of the molecule is CCCNCc1ccc(COCCc2scnc2C)cc1. The lowest BCUT2D eigenvalue weighted by Gasteiger charge is -2.06. The molecule has 1 aromatic heterocycles. The molecular formula is C17H24N2OS. The Morgan fingerprint density at radius 3 is 2.62 bits per heavy atom. The summed E-state index contributed by atoms with van der Waals surface area (Å²) < 4.78 is 5.75. The molecule has 0 atom stereocenters. The van der Waals surface area contributed by atoms with Crippen LogP contribution >= 0.6 is 11.3 Å². The highest BCUT2D eigenvalue weighted by Crippen LogP contribution is 2.13. The number of thiazole rings is 1. The zero-order valence-electron chi connectivity index (χ0n) is 12.9. The predicted molar refractivity (Wildman–Crippen MR) is 88.7 cm³/mol. The Kier molecular flexibility index (Phi) is 6.86. The van der Waals surface area contributed by atoms with Crippen LogP contribution in [0.5, 0.6) is 0 Å². The normalized spacial score (nSPS) is 11.0. The van der Waals surface area contributed by atoms with E-state index in [-0.39, 0.29) is 0 Å². The van der Waals surface area contributed by atoms with E-state index in [4.69, 9.17) is 4.74 Å². The molecule has 0 aliphatic carbocycles. The van der Waals surface area contributed by atoms with Gasteiger partial charge in [-0.25, -0.2) is 4.98 Å². The monoisotopic (exact) mass is 304 g/mol. The number of benzene rings is 1. The highest BCUT2D eigenvalue weighted by Gasteiger charge is 2.01. The van der Waals surface area contributed by atoms with Crippen LogP contribution in [0.4, 0.5) is 0 Å². The molecule has 0 fully saturated rings. The Hall–Kier alpha value is -1.23. The van der Waals surface area contributed by atoms with Crippen molar-refractivity contribution < 1.29 is 4.74 Å². The number of ether oxygens (including phenoxy) is 1. The van der Waals surface area contributed by atoms with Gasteiger partial charge in [-0.3, -0.25) is 0 Å². The molecule has 2 aromatic rings. The third-order valence-corrected chi connectivity index (χ3v) is 4.36. The topological polar surface area (TPSA) is 34.1 Å². The lowest BCUT2D eigenvalue weighted by Crippen LogP contribution is -2.13. The van der Waals surface area contributed by atoms with Crippen LogP contribution in [0.3, 0.4) is 0 Å². The largest absolute Gasteiger partial charge is 0.376 e. The van der Waals surface area contributed by atoms with Crippen molar-refractivity contribution >= 4 is 11.3 Å². The minimum atomic E-state index is 0.681. The molecule has 21 heavy (non-hydrogen) atoms. The van der Waals surface area contributed by atoms with E-state index >= 15 is 0 Å².